The summed E-state index contributed by atoms with van der Waals surface area (Å²) in [6.45, 7) is 3.92. The Balaban J connectivity index is 1.44. The highest BCUT2D eigenvalue weighted by Crippen LogP contribution is 2.26. The van der Waals surface area contributed by atoms with Gasteiger partial charge in [-0.25, -0.2) is 9.97 Å². The maximum atomic E-state index is 12.4. The zero-order valence-electron chi connectivity index (χ0n) is 14.9. The summed E-state index contributed by atoms with van der Waals surface area (Å²) < 4.78 is 5.95. The summed E-state index contributed by atoms with van der Waals surface area (Å²) in [6, 6.07) is 2.74. The van der Waals surface area contributed by atoms with Crippen molar-refractivity contribution in [2.75, 3.05) is 0 Å². The van der Waals surface area contributed by atoms with Gasteiger partial charge in [0, 0.05) is 23.3 Å². The first-order valence-electron chi connectivity index (χ1n) is 9.39. The van der Waals surface area contributed by atoms with Crippen LogP contribution in [-0.2, 0) is 4.79 Å². The van der Waals surface area contributed by atoms with Crippen molar-refractivity contribution in [2.45, 2.75) is 83.8 Å². The molecule has 3 rings (SSSR count). The van der Waals surface area contributed by atoms with Gasteiger partial charge in [0.15, 0.2) is 0 Å². The molecule has 1 aromatic heterocycles. The van der Waals surface area contributed by atoms with Gasteiger partial charge in [-0.2, -0.15) is 0 Å². The van der Waals surface area contributed by atoms with Crippen molar-refractivity contribution in [3.05, 3.63) is 17.5 Å². The van der Waals surface area contributed by atoms with Crippen LogP contribution in [0.25, 0.3) is 0 Å². The van der Waals surface area contributed by atoms with Crippen LogP contribution in [-0.4, -0.2) is 28.0 Å². The zero-order chi connectivity index (χ0) is 16.9. The molecule has 1 amide bonds. The third-order valence-electron chi connectivity index (χ3n) is 5.23. The molecule has 5 nitrogen and oxygen atoms in total. The van der Waals surface area contributed by atoms with E-state index in [0.29, 0.717) is 12.1 Å². The molecule has 0 saturated heterocycles. The van der Waals surface area contributed by atoms with E-state index in [-0.39, 0.29) is 17.9 Å². The molecule has 1 aromatic rings. The van der Waals surface area contributed by atoms with Gasteiger partial charge in [-0.1, -0.05) is 19.3 Å². The quantitative estimate of drug-likeness (QED) is 0.917. The van der Waals surface area contributed by atoms with Crippen molar-refractivity contribution >= 4 is 5.91 Å². The molecule has 0 spiro atoms. The standard InChI is InChI=1S/C19H29N3O2/c1-13-12-14(2)21-19(20-13)24-17-10-8-16(9-11-17)22-18(23)15-6-4-3-5-7-15/h12,15-17H,3-11H2,1-2H3,(H,22,23). The highest BCUT2D eigenvalue weighted by molar-refractivity contribution is 5.79. The second-order valence-corrected chi connectivity index (χ2v) is 7.37. The lowest BCUT2D eigenvalue weighted by atomic mass is 9.87. The Hall–Kier alpha value is -1.65. The minimum absolute atomic E-state index is 0.161. The summed E-state index contributed by atoms with van der Waals surface area (Å²) in [7, 11) is 0. The fourth-order valence-corrected chi connectivity index (χ4v) is 3.90. The number of carbonyl (C=O) groups excluding carboxylic acids is 1. The topological polar surface area (TPSA) is 64.1 Å². The lowest BCUT2D eigenvalue weighted by Gasteiger charge is -2.30. The predicted octanol–water partition coefficient (Wildman–Crippen LogP) is 3.48. The van der Waals surface area contributed by atoms with Crippen molar-refractivity contribution in [3.63, 3.8) is 0 Å². The molecule has 5 heteroatoms. The second-order valence-electron chi connectivity index (χ2n) is 7.37. The van der Waals surface area contributed by atoms with Gasteiger partial charge in [0.1, 0.15) is 6.10 Å². The summed E-state index contributed by atoms with van der Waals surface area (Å²) in [6.07, 6.45) is 9.84. The number of nitrogens with zero attached hydrogens (tertiary/aromatic N) is 2. The van der Waals surface area contributed by atoms with Crippen LogP contribution in [0.1, 0.15) is 69.2 Å². The molecule has 24 heavy (non-hydrogen) atoms. The first kappa shape index (κ1) is 17.2. The number of carbonyl (C=O) groups is 1. The van der Waals surface area contributed by atoms with Crippen molar-refractivity contribution < 1.29 is 9.53 Å². The maximum absolute atomic E-state index is 12.4. The highest BCUT2D eigenvalue weighted by atomic mass is 16.5. The molecule has 0 bridgehead atoms. The van der Waals surface area contributed by atoms with Gasteiger partial charge in [-0.15, -0.1) is 0 Å². The summed E-state index contributed by atoms with van der Waals surface area (Å²) in [5.74, 6) is 0.521. The molecule has 1 heterocycles. The monoisotopic (exact) mass is 331 g/mol. The highest BCUT2D eigenvalue weighted by Gasteiger charge is 2.27. The molecule has 2 fully saturated rings. The first-order chi connectivity index (χ1) is 11.6. The van der Waals surface area contributed by atoms with Crippen LogP contribution in [0.3, 0.4) is 0 Å². The van der Waals surface area contributed by atoms with E-state index in [1.165, 1.54) is 19.3 Å². The van der Waals surface area contributed by atoms with Gasteiger partial charge in [0.2, 0.25) is 5.91 Å². The van der Waals surface area contributed by atoms with Gasteiger partial charge in [-0.3, -0.25) is 4.79 Å². The molecule has 1 N–H and O–H groups in total. The summed E-state index contributed by atoms with van der Waals surface area (Å²) in [4.78, 5) is 21.1. The van der Waals surface area contributed by atoms with Gasteiger partial charge >= 0.3 is 6.01 Å². The Morgan fingerprint density at radius 3 is 2.25 bits per heavy atom. The summed E-state index contributed by atoms with van der Waals surface area (Å²) in [5, 5.41) is 3.27. The average Bonchev–Trinajstić information content (AvgIpc) is 2.56. The Morgan fingerprint density at radius 1 is 1.00 bits per heavy atom. The van der Waals surface area contributed by atoms with Crippen molar-refractivity contribution in [1.29, 1.82) is 0 Å². The second kappa shape index (κ2) is 7.95. The van der Waals surface area contributed by atoms with E-state index < -0.39 is 0 Å². The molecule has 2 aliphatic carbocycles. The van der Waals surface area contributed by atoms with Crippen molar-refractivity contribution in [3.8, 4) is 6.01 Å². The predicted molar refractivity (Wildman–Crippen MR) is 92.9 cm³/mol. The van der Waals surface area contributed by atoms with Gasteiger partial charge in [-0.05, 0) is 58.4 Å². The third-order valence-corrected chi connectivity index (χ3v) is 5.23. The molecule has 132 valence electrons. The fourth-order valence-electron chi connectivity index (χ4n) is 3.90. The lowest BCUT2D eigenvalue weighted by Crippen LogP contribution is -2.42. The van der Waals surface area contributed by atoms with Crippen LogP contribution in [0, 0.1) is 19.8 Å². The number of ether oxygens (including phenoxy) is 1. The SMILES string of the molecule is Cc1cc(C)nc(OC2CCC(NC(=O)C3CCCCC3)CC2)n1. The molecule has 0 aromatic carbocycles. The fraction of sp³-hybridized carbons (Fsp3) is 0.737. The van der Waals surface area contributed by atoms with E-state index in [1.54, 1.807) is 0 Å². The largest absolute Gasteiger partial charge is 0.460 e. The van der Waals surface area contributed by atoms with Crippen molar-refractivity contribution in [1.82, 2.24) is 15.3 Å². The number of hydrogen-bond donors (Lipinski definition) is 1. The number of rotatable bonds is 4. The lowest BCUT2D eigenvalue weighted by molar-refractivity contribution is -0.127. The van der Waals surface area contributed by atoms with Crippen LogP contribution in [0.2, 0.25) is 0 Å². The van der Waals surface area contributed by atoms with E-state index >= 15 is 0 Å². The van der Waals surface area contributed by atoms with E-state index in [0.717, 1.165) is 49.9 Å². The molecular formula is C19H29N3O2. The van der Waals surface area contributed by atoms with Crippen molar-refractivity contribution in [2.24, 2.45) is 5.92 Å². The normalized spacial score (nSPS) is 25.2. The number of amides is 1. The Labute approximate surface area is 144 Å². The van der Waals surface area contributed by atoms with Gasteiger partial charge in [0.05, 0.1) is 0 Å². The summed E-state index contributed by atoms with van der Waals surface area (Å²) >= 11 is 0. The minimum Gasteiger partial charge on any atom is -0.460 e. The van der Waals surface area contributed by atoms with E-state index in [2.05, 4.69) is 15.3 Å². The molecule has 0 atom stereocenters. The number of hydrogen-bond acceptors (Lipinski definition) is 4. The molecular weight excluding hydrogens is 302 g/mol. The molecule has 0 aliphatic heterocycles. The van der Waals surface area contributed by atoms with Crippen LogP contribution in [0.5, 0.6) is 6.01 Å². The van der Waals surface area contributed by atoms with E-state index in [4.69, 9.17) is 4.74 Å². The number of nitrogens with one attached hydrogen (secondary N) is 1. The molecule has 2 aliphatic rings. The number of aromatic nitrogens is 2. The maximum Gasteiger partial charge on any atom is 0.317 e. The molecule has 2 saturated carbocycles. The zero-order valence-corrected chi connectivity index (χ0v) is 14.9. The van der Waals surface area contributed by atoms with Crippen LogP contribution in [0.15, 0.2) is 6.07 Å². The van der Waals surface area contributed by atoms with Gasteiger partial charge < -0.3 is 10.1 Å². The third kappa shape index (κ3) is 4.68. The summed E-state index contributed by atoms with van der Waals surface area (Å²) in [5.41, 5.74) is 1.87. The number of aryl methyl sites for hydroxylation is 2. The Kier molecular flexibility index (Phi) is 5.69. The van der Waals surface area contributed by atoms with Crippen LogP contribution < -0.4 is 10.1 Å². The Bertz CT molecular complexity index is 541. The van der Waals surface area contributed by atoms with E-state index in [1.807, 2.05) is 19.9 Å². The van der Waals surface area contributed by atoms with E-state index in [9.17, 15) is 4.79 Å². The average molecular weight is 331 g/mol. The first-order valence-corrected chi connectivity index (χ1v) is 9.39. The minimum atomic E-state index is 0.161. The molecule has 0 unspecified atom stereocenters. The molecule has 0 radical (unpaired) electrons. The van der Waals surface area contributed by atoms with Gasteiger partial charge in [0.25, 0.3) is 0 Å². The van der Waals surface area contributed by atoms with Crippen LogP contribution in [0.4, 0.5) is 0 Å². The van der Waals surface area contributed by atoms with Crippen LogP contribution >= 0.6 is 0 Å². The Morgan fingerprint density at radius 2 is 1.62 bits per heavy atom. The smallest absolute Gasteiger partial charge is 0.317 e.